The van der Waals surface area contributed by atoms with Crippen LogP contribution in [0.15, 0.2) is 48.5 Å². The molecule has 0 aliphatic carbocycles. The van der Waals surface area contributed by atoms with E-state index < -0.39 is 11.9 Å². The van der Waals surface area contributed by atoms with Gasteiger partial charge in [-0.2, -0.15) is 0 Å². The monoisotopic (exact) mass is 448 g/mol. The molecule has 3 aliphatic rings. The van der Waals surface area contributed by atoms with Gasteiger partial charge in [0.2, 0.25) is 11.8 Å². The molecule has 170 valence electrons. The summed E-state index contributed by atoms with van der Waals surface area (Å²) in [5.41, 5.74) is 2.83. The molecule has 2 saturated heterocycles. The topological polar surface area (TPSA) is 119 Å². The van der Waals surface area contributed by atoms with Crippen molar-refractivity contribution in [1.29, 1.82) is 0 Å². The third kappa shape index (κ3) is 3.74. The van der Waals surface area contributed by atoms with Gasteiger partial charge in [-0.05, 0) is 35.7 Å². The molecule has 0 saturated carbocycles. The molecule has 2 aromatic carbocycles. The Hall–Kier alpha value is -3.72. The number of amides is 5. The number of fused-ring (bicyclic) bond motifs is 1. The highest BCUT2D eigenvalue weighted by Crippen LogP contribution is 2.35. The Labute approximate surface area is 190 Å². The number of hydrogen-bond acceptors (Lipinski definition) is 5. The SMILES string of the molecule is O=C1CCC(N2Cc3cc(NC(=O)N4C[C@H](c5ccccc5)[C@H]4CO)ccc3C2=O)C(=O)N1. The van der Waals surface area contributed by atoms with Crippen molar-refractivity contribution in [3.8, 4) is 0 Å². The number of piperidine rings is 1. The van der Waals surface area contributed by atoms with Gasteiger partial charge in [0.15, 0.2) is 0 Å². The Morgan fingerprint density at radius 3 is 2.64 bits per heavy atom. The highest BCUT2D eigenvalue weighted by Gasteiger charge is 2.43. The first-order chi connectivity index (χ1) is 16.0. The number of hydrogen-bond donors (Lipinski definition) is 3. The zero-order valence-electron chi connectivity index (χ0n) is 17.9. The average Bonchev–Trinajstić information content (AvgIpc) is 3.09. The summed E-state index contributed by atoms with van der Waals surface area (Å²) < 4.78 is 0. The van der Waals surface area contributed by atoms with E-state index in [4.69, 9.17) is 0 Å². The minimum atomic E-state index is -0.679. The van der Waals surface area contributed by atoms with Gasteiger partial charge < -0.3 is 20.2 Å². The minimum Gasteiger partial charge on any atom is -0.394 e. The lowest BCUT2D eigenvalue weighted by Gasteiger charge is -2.47. The summed E-state index contributed by atoms with van der Waals surface area (Å²) in [5.74, 6) is -0.957. The van der Waals surface area contributed by atoms with Gasteiger partial charge in [-0.25, -0.2) is 4.79 Å². The smallest absolute Gasteiger partial charge is 0.322 e. The number of benzene rings is 2. The van der Waals surface area contributed by atoms with Gasteiger partial charge >= 0.3 is 6.03 Å². The molecule has 5 amide bonds. The zero-order chi connectivity index (χ0) is 23.1. The van der Waals surface area contributed by atoms with Crippen LogP contribution in [0.2, 0.25) is 0 Å². The van der Waals surface area contributed by atoms with E-state index in [2.05, 4.69) is 10.6 Å². The van der Waals surface area contributed by atoms with E-state index in [9.17, 15) is 24.3 Å². The van der Waals surface area contributed by atoms with Crippen LogP contribution in [0.25, 0.3) is 0 Å². The number of aliphatic hydroxyl groups is 1. The van der Waals surface area contributed by atoms with E-state index in [1.807, 2.05) is 30.3 Å². The maximum atomic E-state index is 12.8. The lowest BCUT2D eigenvalue weighted by Crippen LogP contribution is -2.60. The molecule has 1 unspecified atom stereocenters. The maximum Gasteiger partial charge on any atom is 0.322 e. The van der Waals surface area contributed by atoms with Crippen molar-refractivity contribution < 1.29 is 24.3 Å². The molecule has 0 radical (unpaired) electrons. The fourth-order valence-electron chi connectivity index (χ4n) is 4.88. The van der Waals surface area contributed by atoms with Crippen LogP contribution in [-0.2, 0) is 16.1 Å². The number of urea groups is 1. The fourth-order valence-corrected chi connectivity index (χ4v) is 4.88. The van der Waals surface area contributed by atoms with Crippen molar-refractivity contribution in [3.63, 3.8) is 0 Å². The molecule has 0 spiro atoms. The summed E-state index contributed by atoms with van der Waals surface area (Å²) >= 11 is 0. The normalized spacial score (nSPS) is 24.3. The van der Waals surface area contributed by atoms with Crippen molar-refractivity contribution in [2.24, 2.45) is 0 Å². The van der Waals surface area contributed by atoms with Gasteiger partial charge in [0.1, 0.15) is 6.04 Å². The van der Waals surface area contributed by atoms with Crippen LogP contribution >= 0.6 is 0 Å². The lowest BCUT2D eigenvalue weighted by atomic mass is 9.83. The lowest BCUT2D eigenvalue weighted by molar-refractivity contribution is -0.136. The number of nitrogens with one attached hydrogen (secondary N) is 2. The number of anilines is 1. The van der Waals surface area contributed by atoms with Crippen molar-refractivity contribution in [1.82, 2.24) is 15.1 Å². The molecule has 33 heavy (non-hydrogen) atoms. The van der Waals surface area contributed by atoms with E-state index in [1.54, 1.807) is 23.1 Å². The second-order valence-corrected chi connectivity index (χ2v) is 8.62. The molecule has 3 aliphatic heterocycles. The van der Waals surface area contributed by atoms with Crippen molar-refractivity contribution >= 4 is 29.4 Å². The number of nitrogens with zero attached hydrogens (tertiary/aromatic N) is 2. The second-order valence-electron chi connectivity index (χ2n) is 8.62. The largest absolute Gasteiger partial charge is 0.394 e. The Morgan fingerprint density at radius 2 is 1.91 bits per heavy atom. The van der Waals surface area contributed by atoms with Gasteiger partial charge in [0.05, 0.1) is 12.6 Å². The molecular formula is C24H24N4O5. The molecule has 2 aromatic rings. The van der Waals surface area contributed by atoms with E-state index in [1.165, 1.54) is 4.90 Å². The first kappa shape index (κ1) is 21.1. The average molecular weight is 448 g/mol. The number of carbonyl (C=O) groups excluding carboxylic acids is 4. The standard InChI is InChI=1S/C24H24N4O5/c29-13-20-18(14-4-2-1-3-5-14)12-28(20)24(33)25-16-6-7-17-15(10-16)11-27(23(17)32)19-8-9-21(30)26-22(19)31/h1-7,10,18-20,29H,8-9,11-13H2,(H,25,33)(H,26,30,31)/t18-,19?,20-/m1/s1. The molecule has 2 fully saturated rings. The Bertz CT molecular complexity index is 1130. The Kier molecular flexibility index (Phi) is 5.33. The molecular weight excluding hydrogens is 424 g/mol. The number of rotatable bonds is 4. The van der Waals surface area contributed by atoms with Crippen molar-refractivity contribution in [2.75, 3.05) is 18.5 Å². The summed E-state index contributed by atoms with van der Waals surface area (Å²) in [6, 6.07) is 13.5. The summed E-state index contributed by atoms with van der Waals surface area (Å²) in [5, 5.41) is 15.0. The van der Waals surface area contributed by atoms with Gasteiger partial charge in [-0.1, -0.05) is 30.3 Å². The van der Waals surface area contributed by atoms with Crippen molar-refractivity contribution in [2.45, 2.75) is 37.4 Å². The zero-order valence-corrected chi connectivity index (χ0v) is 17.9. The van der Waals surface area contributed by atoms with Gasteiger partial charge in [0.25, 0.3) is 5.91 Å². The highest BCUT2D eigenvalue weighted by molar-refractivity contribution is 6.05. The maximum absolute atomic E-state index is 12.8. The number of imide groups is 1. The predicted octanol–water partition coefficient (Wildman–Crippen LogP) is 1.44. The summed E-state index contributed by atoms with van der Waals surface area (Å²) in [6.45, 7) is 0.615. The van der Waals surface area contributed by atoms with E-state index in [0.717, 1.165) is 5.56 Å². The molecule has 3 atom stereocenters. The number of carbonyl (C=O) groups is 4. The van der Waals surface area contributed by atoms with Crippen molar-refractivity contribution in [3.05, 3.63) is 65.2 Å². The Balaban J connectivity index is 1.26. The highest BCUT2D eigenvalue weighted by atomic mass is 16.3. The fraction of sp³-hybridized carbons (Fsp3) is 0.333. The van der Waals surface area contributed by atoms with Crippen LogP contribution in [-0.4, -0.2) is 63.9 Å². The number of likely N-dealkylation sites (tertiary alicyclic amines) is 1. The van der Waals surface area contributed by atoms with Crippen LogP contribution in [0, 0.1) is 0 Å². The molecule has 0 aromatic heterocycles. The minimum absolute atomic E-state index is 0.0849. The van der Waals surface area contributed by atoms with Gasteiger partial charge in [-0.15, -0.1) is 0 Å². The molecule has 5 rings (SSSR count). The van der Waals surface area contributed by atoms with Crippen LogP contribution in [0.5, 0.6) is 0 Å². The molecule has 9 nitrogen and oxygen atoms in total. The third-order valence-electron chi connectivity index (χ3n) is 6.71. The predicted molar refractivity (Wildman–Crippen MR) is 118 cm³/mol. The quantitative estimate of drug-likeness (QED) is 0.612. The summed E-state index contributed by atoms with van der Waals surface area (Å²) in [6.07, 6.45) is 0.498. The number of aliphatic hydroxyl groups excluding tert-OH is 1. The van der Waals surface area contributed by atoms with E-state index >= 15 is 0 Å². The third-order valence-corrected chi connectivity index (χ3v) is 6.71. The van der Waals surface area contributed by atoms with Gasteiger partial charge in [0, 0.05) is 36.7 Å². The molecule has 9 heteroatoms. The van der Waals surface area contributed by atoms with E-state index in [0.29, 0.717) is 29.8 Å². The molecule has 3 heterocycles. The van der Waals surface area contributed by atoms with E-state index in [-0.39, 0.29) is 49.4 Å². The second kappa shape index (κ2) is 8.32. The summed E-state index contributed by atoms with van der Waals surface area (Å²) in [7, 11) is 0. The van der Waals surface area contributed by atoms with Crippen LogP contribution in [0.4, 0.5) is 10.5 Å². The first-order valence-corrected chi connectivity index (χ1v) is 11.0. The van der Waals surface area contributed by atoms with Gasteiger partial charge in [-0.3, -0.25) is 19.7 Å². The first-order valence-electron chi connectivity index (χ1n) is 11.0. The summed E-state index contributed by atoms with van der Waals surface area (Å²) in [4.78, 5) is 52.3. The van der Waals surface area contributed by atoms with Crippen LogP contribution < -0.4 is 10.6 Å². The van der Waals surface area contributed by atoms with Crippen LogP contribution in [0.1, 0.15) is 40.2 Å². The molecule has 3 N–H and O–H groups in total. The molecule has 0 bridgehead atoms. The Morgan fingerprint density at radius 1 is 1.12 bits per heavy atom. The van der Waals surface area contributed by atoms with Crippen LogP contribution in [0.3, 0.4) is 0 Å².